The van der Waals surface area contributed by atoms with Gasteiger partial charge in [0.05, 0.1) is 5.56 Å². The molecule has 7 heteroatoms. The maximum absolute atomic E-state index is 12.9. The van der Waals surface area contributed by atoms with E-state index in [1.807, 2.05) is 0 Å². The van der Waals surface area contributed by atoms with Crippen LogP contribution in [0.3, 0.4) is 0 Å². The number of aromatic nitrogens is 3. The maximum atomic E-state index is 12.9. The van der Waals surface area contributed by atoms with Crippen LogP contribution in [-0.2, 0) is 7.05 Å². The van der Waals surface area contributed by atoms with Gasteiger partial charge in [0.1, 0.15) is 17.9 Å². The topological polar surface area (TPSA) is 80.0 Å². The van der Waals surface area contributed by atoms with E-state index in [1.165, 1.54) is 11.0 Å². The van der Waals surface area contributed by atoms with E-state index < -0.39 is 11.7 Å². The zero-order valence-electron chi connectivity index (χ0n) is 8.88. The van der Waals surface area contributed by atoms with Crippen LogP contribution in [0, 0.1) is 5.82 Å². The Hall–Kier alpha value is -2.44. The standard InChI is InChI=1S/C10H9FN4O2/c1-15-10(12-5-13-15)14-9(17)7-4-6(11)2-3-8(7)16/h2-5,16H,1H3,(H,12,13,14,17). The zero-order chi connectivity index (χ0) is 12.4. The summed E-state index contributed by atoms with van der Waals surface area (Å²) in [6.45, 7) is 0. The van der Waals surface area contributed by atoms with E-state index in [-0.39, 0.29) is 17.3 Å². The summed E-state index contributed by atoms with van der Waals surface area (Å²) in [7, 11) is 1.59. The molecular weight excluding hydrogens is 227 g/mol. The molecule has 2 N–H and O–H groups in total. The lowest BCUT2D eigenvalue weighted by atomic mass is 10.2. The summed E-state index contributed by atoms with van der Waals surface area (Å²) >= 11 is 0. The molecule has 0 radical (unpaired) electrons. The first-order valence-corrected chi connectivity index (χ1v) is 4.72. The highest BCUT2D eigenvalue weighted by atomic mass is 19.1. The normalized spacial score (nSPS) is 10.2. The summed E-state index contributed by atoms with van der Waals surface area (Å²) in [5.74, 6) is -1.35. The minimum Gasteiger partial charge on any atom is -0.507 e. The van der Waals surface area contributed by atoms with Gasteiger partial charge in [-0.15, -0.1) is 0 Å². The fourth-order valence-electron chi connectivity index (χ4n) is 1.27. The number of phenols is 1. The molecule has 0 saturated heterocycles. The Morgan fingerprint density at radius 2 is 2.29 bits per heavy atom. The second-order valence-corrected chi connectivity index (χ2v) is 3.32. The maximum Gasteiger partial charge on any atom is 0.261 e. The van der Waals surface area contributed by atoms with Crippen molar-refractivity contribution in [2.45, 2.75) is 0 Å². The van der Waals surface area contributed by atoms with E-state index in [1.54, 1.807) is 7.05 Å². The van der Waals surface area contributed by atoms with Crippen molar-refractivity contribution in [3.63, 3.8) is 0 Å². The Morgan fingerprint density at radius 3 is 2.94 bits per heavy atom. The monoisotopic (exact) mass is 236 g/mol. The molecule has 1 heterocycles. The van der Waals surface area contributed by atoms with Crippen LogP contribution in [0.15, 0.2) is 24.5 Å². The molecule has 0 aliphatic rings. The van der Waals surface area contributed by atoms with Gasteiger partial charge in [0.15, 0.2) is 0 Å². The van der Waals surface area contributed by atoms with Crippen molar-refractivity contribution in [1.29, 1.82) is 0 Å². The van der Waals surface area contributed by atoms with E-state index in [2.05, 4.69) is 15.4 Å². The summed E-state index contributed by atoms with van der Waals surface area (Å²) in [5.41, 5.74) is -0.159. The van der Waals surface area contributed by atoms with Crippen molar-refractivity contribution in [3.05, 3.63) is 35.9 Å². The third-order valence-electron chi connectivity index (χ3n) is 2.14. The molecule has 17 heavy (non-hydrogen) atoms. The number of carbonyl (C=O) groups is 1. The van der Waals surface area contributed by atoms with Gasteiger partial charge < -0.3 is 5.11 Å². The zero-order valence-corrected chi connectivity index (χ0v) is 8.88. The molecule has 0 unspecified atom stereocenters. The largest absolute Gasteiger partial charge is 0.507 e. The van der Waals surface area contributed by atoms with Crippen LogP contribution in [0.1, 0.15) is 10.4 Å². The van der Waals surface area contributed by atoms with Crippen LogP contribution in [0.5, 0.6) is 5.75 Å². The molecule has 0 aliphatic heterocycles. The number of nitrogens with zero attached hydrogens (tertiary/aromatic N) is 3. The highest BCUT2D eigenvalue weighted by Crippen LogP contribution is 2.18. The number of amides is 1. The molecule has 0 spiro atoms. The summed E-state index contributed by atoms with van der Waals surface area (Å²) in [6, 6.07) is 3.12. The smallest absolute Gasteiger partial charge is 0.261 e. The highest BCUT2D eigenvalue weighted by molar-refractivity contribution is 6.05. The predicted molar refractivity (Wildman–Crippen MR) is 57.0 cm³/mol. The van der Waals surface area contributed by atoms with Crippen molar-refractivity contribution in [3.8, 4) is 5.75 Å². The van der Waals surface area contributed by atoms with E-state index >= 15 is 0 Å². The third kappa shape index (κ3) is 2.22. The minimum atomic E-state index is -0.655. The minimum absolute atomic E-state index is 0.159. The Morgan fingerprint density at radius 1 is 1.53 bits per heavy atom. The average Bonchev–Trinajstić information content (AvgIpc) is 2.68. The number of hydrogen-bond acceptors (Lipinski definition) is 4. The fourth-order valence-corrected chi connectivity index (χ4v) is 1.27. The van der Waals surface area contributed by atoms with Gasteiger partial charge in [-0.1, -0.05) is 0 Å². The van der Waals surface area contributed by atoms with Crippen LogP contribution < -0.4 is 5.32 Å². The van der Waals surface area contributed by atoms with Crippen LogP contribution in [0.4, 0.5) is 10.3 Å². The first-order valence-electron chi connectivity index (χ1n) is 4.72. The number of phenolic OH excluding ortho intramolecular Hbond substituents is 1. The molecule has 0 atom stereocenters. The molecule has 0 fully saturated rings. The lowest BCUT2D eigenvalue weighted by Gasteiger charge is -2.05. The van der Waals surface area contributed by atoms with Crippen LogP contribution in [0.2, 0.25) is 0 Å². The van der Waals surface area contributed by atoms with E-state index in [0.717, 1.165) is 18.2 Å². The van der Waals surface area contributed by atoms with Crippen molar-refractivity contribution in [2.24, 2.45) is 7.05 Å². The van der Waals surface area contributed by atoms with Crippen molar-refractivity contribution >= 4 is 11.9 Å². The van der Waals surface area contributed by atoms with E-state index in [9.17, 15) is 14.3 Å². The van der Waals surface area contributed by atoms with Gasteiger partial charge in [-0.25, -0.2) is 9.07 Å². The van der Waals surface area contributed by atoms with Crippen molar-refractivity contribution in [2.75, 3.05) is 5.32 Å². The number of carbonyl (C=O) groups excluding carboxylic acids is 1. The number of halogens is 1. The second kappa shape index (κ2) is 4.20. The molecule has 0 aliphatic carbocycles. The summed E-state index contributed by atoms with van der Waals surface area (Å²) < 4.78 is 14.3. The number of anilines is 1. The number of hydrogen-bond donors (Lipinski definition) is 2. The fraction of sp³-hybridized carbons (Fsp3) is 0.100. The van der Waals surface area contributed by atoms with Crippen LogP contribution in [0.25, 0.3) is 0 Å². The Kier molecular flexibility index (Phi) is 2.73. The van der Waals surface area contributed by atoms with E-state index in [0.29, 0.717) is 0 Å². The molecule has 6 nitrogen and oxygen atoms in total. The van der Waals surface area contributed by atoms with Gasteiger partial charge in [0.2, 0.25) is 5.95 Å². The van der Waals surface area contributed by atoms with Gasteiger partial charge in [-0.3, -0.25) is 10.1 Å². The first kappa shape index (κ1) is 11.1. The lowest BCUT2D eigenvalue weighted by molar-refractivity contribution is 0.102. The molecule has 2 rings (SSSR count). The number of rotatable bonds is 2. The van der Waals surface area contributed by atoms with Crippen molar-refractivity contribution in [1.82, 2.24) is 14.8 Å². The molecule has 1 amide bonds. The second-order valence-electron chi connectivity index (χ2n) is 3.32. The van der Waals surface area contributed by atoms with Crippen LogP contribution >= 0.6 is 0 Å². The number of benzene rings is 1. The van der Waals surface area contributed by atoms with Gasteiger partial charge in [-0.05, 0) is 18.2 Å². The molecule has 2 aromatic rings. The molecule has 1 aromatic carbocycles. The van der Waals surface area contributed by atoms with Gasteiger partial charge in [-0.2, -0.15) is 10.1 Å². The summed E-state index contributed by atoms with van der Waals surface area (Å²) in [6.07, 6.45) is 1.26. The molecule has 88 valence electrons. The number of aromatic hydroxyl groups is 1. The number of nitrogens with one attached hydrogen (secondary N) is 1. The molecule has 0 saturated carbocycles. The highest BCUT2D eigenvalue weighted by Gasteiger charge is 2.14. The SMILES string of the molecule is Cn1ncnc1NC(=O)c1cc(F)ccc1O. The molecular formula is C10H9FN4O2. The van der Waals surface area contributed by atoms with Crippen LogP contribution in [-0.4, -0.2) is 25.8 Å². The van der Waals surface area contributed by atoms with E-state index in [4.69, 9.17) is 0 Å². The quantitative estimate of drug-likeness (QED) is 0.812. The predicted octanol–water partition coefficient (Wildman–Crippen LogP) is 0.912. The first-order chi connectivity index (χ1) is 8.08. The molecule has 1 aromatic heterocycles. The van der Waals surface area contributed by atoms with Gasteiger partial charge in [0.25, 0.3) is 5.91 Å². The number of aryl methyl sites for hydroxylation is 1. The van der Waals surface area contributed by atoms with Gasteiger partial charge >= 0.3 is 0 Å². The average molecular weight is 236 g/mol. The third-order valence-corrected chi connectivity index (χ3v) is 2.14. The Labute approximate surface area is 95.7 Å². The lowest BCUT2D eigenvalue weighted by Crippen LogP contribution is -2.15. The summed E-state index contributed by atoms with van der Waals surface area (Å²) in [4.78, 5) is 15.5. The molecule has 0 bridgehead atoms. The Bertz CT molecular complexity index is 567. The summed E-state index contributed by atoms with van der Waals surface area (Å²) in [5, 5.41) is 15.6. The van der Waals surface area contributed by atoms with Crippen molar-refractivity contribution < 1.29 is 14.3 Å². The van der Waals surface area contributed by atoms with Gasteiger partial charge in [0, 0.05) is 7.05 Å². The Balaban J connectivity index is 2.26.